The third-order valence-electron chi connectivity index (χ3n) is 2.82. The molecule has 0 saturated carbocycles. The fourth-order valence-electron chi connectivity index (χ4n) is 1.81. The van der Waals surface area contributed by atoms with Crippen LogP contribution in [-0.2, 0) is 9.53 Å². The first-order valence-corrected chi connectivity index (χ1v) is 5.62. The summed E-state index contributed by atoms with van der Waals surface area (Å²) in [5, 5.41) is 9.75. The zero-order chi connectivity index (χ0) is 12.1. The molecule has 1 aliphatic rings. The van der Waals surface area contributed by atoms with E-state index in [0.717, 1.165) is 17.6 Å². The summed E-state index contributed by atoms with van der Waals surface area (Å²) in [5.74, 6) is 2.34. The molecule has 3 nitrogen and oxygen atoms in total. The molecule has 0 aromatic heterocycles. The summed E-state index contributed by atoms with van der Waals surface area (Å²) in [6, 6.07) is 0. The summed E-state index contributed by atoms with van der Waals surface area (Å²) in [6.45, 7) is 3.75. The Bertz CT molecular complexity index is 336. The third-order valence-corrected chi connectivity index (χ3v) is 2.82. The molecule has 0 amide bonds. The number of aliphatic hydroxyl groups excluding tert-OH is 1. The Morgan fingerprint density at radius 1 is 1.69 bits per heavy atom. The lowest BCUT2D eigenvalue weighted by atomic mass is 9.89. The van der Waals surface area contributed by atoms with Gasteiger partial charge in [-0.3, -0.25) is 4.79 Å². The van der Waals surface area contributed by atoms with E-state index in [-0.39, 0.29) is 12.1 Å². The number of esters is 1. The van der Waals surface area contributed by atoms with Crippen molar-refractivity contribution >= 4 is 5.97 Å². The van der Waals surface area contributed by atoms with Gasteiger partial charge < -0.3 is 9.84 Å². The summed E-state index contributed by atoms with van der Waals surface area (Å²) in [5.41, 5.74) is 1.58. The van der Waals surface area contributed by atoms with Gasteiger partial charge in [0.1, 0.15) is 6.10 Å². The zero-order valence-electron chi connectivity index (χ0n) is 9.82. The highest BCUT2D eigenvalue weighted by Gasteiger charge is 2.27. The molecule has 3 heteroatoms. The average Bonchev–Trinajstić information content (AvgIpc) is 2.23. The highest BCUT2D eigenvalue weighted by molar-refractivity contribution is 5.69. The van der Waals surface area contributed by atoms with Gasteiger partial charge in [0, 0.05) is 24.8 Å². The van der Waals surface area contributed by atoms with Gasteiger partial charge >= 0.3 is 5.97 Å². The van der Waals surface area contributed by atoms with Crippen molar-refractivity contribution in [3.63, 3.8) is 0 Å². The maximum atomic E-state index is 11.3. The van der Waals surface area contributed by atoms with Gasteiger partial charge in [0.2, 0.25) is 0 Å². The second-order valence-corrected chi connectivity index (χ2v) is 4.12. The quantitative estimate of drug-likeness (QED) is 0.585. The lowest BCUT2D eigenvalue weighted by Crippen LogP contribution is -2.29. The molecule has 16 heavy (non-hydrogen) atoms. The molecule has 0 saturated heterocycles. The van der Waals surface area contributed by atoms with Crippen LogP contribution in [0.1, 0.15) is 39.5 Å². The Morgan fingerprint density at radius 2 is 2.38 bits per heavy atom. The van der Waals surface area contributed by atoms with Gasteiger partial charge in [-0.2, -0.15) is 0 Å². The average molecular weight is 222 g/mol. The van der Waals surface area contributed by atoms with Crippen LogP contribution in [0.15, 0.2) is 11.1 Å². The van der Waals surface area contributed by atoms with E-state index in [0.29, 0.717) is 19.3 Å². The number of aliphatic hydroxyl groups is 1. The summed E-state index contributed by atoms with van der Waals surface area (Å²) in [4.78, 5) is 11.3. The molecular formula is C13H18O3. The normalized spacial score (nSPS) is 25.1. The molecule has 0 aromatic rings. The summed E-state index contributed by atoms with van der Waals surface area (Å²) >= 11 is 0. The molecule has 1 N–H and O–H groups in total. The van der Waals surface area contributed by atoms with Crippen molar-refractivity contribution in [2.75, 3.05) is 0 Å². The SMILES string of the molecule is C#CC1=C(C)[C@H](O)C[C@@H](OC(=O)CCC)C1. The van der Waals surface area contributed by atoms with Crippen molar-refractivity contribution < 1.29 is 14.6 Å². The van der Waals surface area contributed by atoms with Gasteiger partial charge in [0.25, 0.3) is 0 Å². The molecule has 0 aromatic carbocycles. The van der Waals surface area contributed by atoms with Crippen LogP contribution in [0.2, 0.25) is 0 Å². The van der Waals surface area contributed by atoms with Crippen LogP contribution in [0, 0.1) is 12.3 Å². The first kappa shape index (κ1) is 12.8. The predicted molar refractivity (Wildman–Crippen MR) is 61.6 cm³/mol. The molecule has 1 aliphatic carbocycles. The predicted octanol–water partition coefficient (Wildman–Crippen LogP) is 1.80. The van der Waals surface area contributed by atoms with Gasteiger partial charge in [-0.1, -0.05) is 12.8 Å². The smallest absolute Gasteiger partial charge is 0.306 e. The highest BCUT2D eigenvalue weighted by Crippen LogP contribution is 2.27. The number of rotatable bonds is 3. The molecular weight excluding hydrogens is 204 g/mol. The lowest BCUT2D eigenvalue weighted by Gasteiger charge is -2.27. The monoisotopic (exact) mass is 222 g/mol. The van der Waals surface area contributed by atoms with E-state index in [1.54, 1.807) is 0 Å². The zero-order valence-corrected chi connectivity index (χ0v) is 9.82. The number of carbonyl (C=O) groups excluding carboxylic acids is 1. The van der Waals surface area contributed by atoms with E-state index in [4.69, 9.17) is 11.2 Å². The van der Waals surface area contributed by atoms with E-state index in [2.05, 4.69) is 5.92 Å². The van der Waals surface area contributed by atoms with Crippen LogP contribution < -0.4 is 0 Å². The number of hydrogen-bond acceptors (Lipinski definition) is 3. The van der Waals surface area contributed by atoms with Gasteiger partial charge in [0.15, 0.2) is 0 Å². The second-order valence-electron chi connectivity index (χ2n) is 4.12. The largest absolute Gasteiger partial charge is 0.462 e. The molecule has 2 atom stereocenters. The van der Waals surface area contributed by atoms with Crippen molar-refractivity contribution in [2.24, 2.45) is 0 Å². The van der Waals surface area contributed by atoms with Gasteiger partial charge in [-0.05, 0) is 18.9 Å². The van der Waals surface area contributed by atoms with E-state index < -0.39 is 6.10 Å². The molecule has 0 fully saturated rings. The third kappa shape index (κ3) is 3.11. The van der Waals surface area contributed by atoms with Crippen LogP contribution in [0.4, 0.5) is 0 Å². The molecule has 0 bridgehead atoms. The second kappa shape index (κ2) is 5.72. The lowest BCUT2D eigenvalue weighted by molar-refractivity contribution is -0.150. The molecule has 88 valence electrons. The molecule has 0 unspecified atom stereocenters. The van der Waals surface area contributed by atoms with Crippen molar-refractivity contribution in [2.45, 2.75) is 51.7 Å². The maximum absolute atomic E-state index is 11.3. The minimum Gasteiger partial charge on any atom is -0.462 e. The number of terminal acetylenes is 1. The Kier molecular flexibility index (Phi) is 4.57. The van der Waals surface area contributed by atoms with E-state index >= 15 is 0 Å². The summed E-state index contributed by atoms with van der Waals surface area (Å²) in [6.07, 6.45) is 6.68. The standard InChI is InChI=1S/C13H18O3/c1-4-6-13(15)16-11-7-10(5-2)9(3)12(14)8-11/h2,11-12,14H,4,6-8H2,1,3H3/t11-,12+/m0/s1. The fourth-order valence-corrected chi connectivity index (χ4v) is 1.81. The Balaban J connectivity index is 2.62. The molecule has 0 aliphatic heterocycles. The van der Waals surface area contributed by atoms with E-state index in [1.165, 1.54) is 0 Å². The first-order valence-electron chi connectivity index (χ1n) is 5.62. The van der Waals surface area contributed by atoms with Crippen LogP contribution >= 0.6 is 0 Å². The molecule has 0 heterocycles. The van der Waals surface area contributed by atoms with Gasteiger partial charge in [-0.15, -0.1) is 6.42 Å². The number of ether oxygens (including phenoxy) is 1. The fraction of sp³-hybridized carbons (Fsp3) is 0.615. The maximum Gasteiger partial charge on any atom is 0.306 e. The Hall–Kier alpha value is -1.27. The molecule has 1 rings (SSSR count). The van der Waals surface area contributed by atoms with Crippen molar-refractivity contribution in [3.05, 3.63) is 11.1 Å². The van der Waals surface area contributed by atoms with Crippen LogP contribution in [0.5, 0.6) is 0 Å². The summed E-state index contributed by atoms with van der Waals surface area (Å²) in [7, 11) is 0. The van der Waals surface area contributed by atoms with Crippen molar-refractivity contribution in [1.82, 2.24) is 0 Å². The minimum atomic E-state index is -0.584. The van der Waals surface area contributed by atoms with Crippen LogP contribution in [0.25, 0.3) is 0 Å². The van der Waals surface area contributed by atoms with Crippen molar-refractivity contribution in [3.8, 4) is 12.3 Å². The van der Waals surface area contributed by atoms with Gasteiger partial charge in [0.05, 0.1) is 6.10 Å². The van der Waals surface area contributed by atoms with Crippen molar-refractivity contribution in [1.29, 1.82) is 0 Å². The Morgan fingerprint density at radius 3 is 2.94 bits per heavy atom. The van der Waals surface area contributed by atoms with E-state index in [1.807, 2.05) is 13.8 Å². The van der Waals surface area contributed by atoms with Gasteiger partial charge in [-0.25, -0.2) is 0 Å². The topological polar surface area (TPSA) is 46.5 Å². The number of hydrogen-bond donors (Lipinski definition) is 1. The van der Waals surface area contributed by atoms with Crippen LogP contribution in [0.3, 0.4) is 0 Å². The highest BCUT2D eigenvalue weighted by atomic mass is 16.5. The Labute approximate surface area is 96.5 Å². The number of carbonyl (C=O) groups is 1. The van der Waals surface area contributed by atoms with E-state index in [9.17, 15) is 9.90 Å². The minimum absolute atomic E-state index is 0.212. The van der Waals surface area contributed by atoms with Crippen LogP contribution in [-0.4, -0.2) is 23.3 Å². The molecule has 0 spiro atoms. The first-order chi connectivity index (χ1) is 7.58. The molecule has 0 radical (unpaired) electrons. The summed E-state index contributed by atoms with van der Waals surface area (Å²) < 4.78 is 5.25.